The average Bonchev–Trinajstić information content (AvgIpc) is 2.72. The molecule has 0 aromatic heterocycles. The maximum Gasteiger partial charge on any atom is 0.222 e. The lowest BCUT2D eigenvalue weighted by molar-refractivity contribution is -0.158. The lowest BCUT2D eigenvalue weighted by Crippen LogP contribution is -2.50. The van der Waals surface area contributed by atoms with Gasteiger partial charge in [-0.15, -0.1) is 0 Å². The van der Waals surface area contributed by atoms with Gasteiger partial charge in [-0.05, 0) is 43.4 Å². The zero-order valence-electron chi connectivity index (χ0n) is 16.7. The molecule has 1 aromatic rings. The first-order valence-corrected chi connectivity index (χ1v) is 10.5. The number of amides is 1. The van der Waals surface area contributed by atoms with Gasteiger partial charge in [0.15, 0.2) is 11.5 Å². The van der Waals surface area contributed by atoms with E-state index in [-0.39, 0.29) is 23.7 Å². The standard InChI is InChI=1S/C22H31NO5/c1-25-10-7-21(24)23-17-14-19(28-22(15-17)8-3-2-4-9-22)16-5-6-18-20(13-16)27-12-11-26-18/h5-6,13,17,19H,2-4,7-12,14-15H2,1H3,(H,23,24)/t17-,19-/m1/s1. The molecular formula is C22H31NO5. The third-order valence-electron chi connectivity index (χ3n) is 6.11. The van der Waals surface area contributed by atoms with Crippen molar-refractivity contribution in [2.24, 2.45) is 0 Å². The van der Waals surface area contributed by atoms with Crippen molar-refractivity contribution in [3.8, 4) is 11.5 Å². The van der Waals surface area contributed by atoms with Crippen LogP contribution in [0.3, 0.4) is 0 Å². The smallest absolute Gasteiger partial charge is 0.222 e. The van der Waals surface area contributed by atoms with Crippen LogP contribution < -0.4 is 14.8 Å². The van der Waals surface area contributed by atoms with Gasteiger partial charge in [-0.25, -0.2) is 0 Å². The van der Waals surface area contributed by atoms with Gasteiger partial charge in [0.2, 0.25) is 5.91 Å². The Hall–Kier alpha value is -1.79. The number of rotatable bonds is 5. The summed E-state index contributed by atoms with van der Waals surface area (Å²) in [5.74, 6) is 1.64. The molecule has 0 unspecified atom stereocenters. The fraction of sp³-hybridized carbons (Fsp3) is 0.682. The lowest BCUT2D eigenvalue weighted by atomic mass is 9.76. The largest absolute Gasteiger partial charge is 0.486 e. The summed E-state index contributed by atoms with van der Waals surface area (Å²) in [5.41, 5.74) is 0.971. The normalized spacial score (nSPS) is 26.0. The van der Waals surface area contributed by atoms with Crippen molar-refractivity contribution >= 4 is 5.91 Å². The summed E-state index contributed by atoms with van der Waals surface area (Å²) < 4.78 is 23.2. The van der Waals surface area contributed by atoms with Gasteiger partial charge in [-0.1, -0.05) is 25.3 Å². The van der Waals surface area contributed by atoms with Crippen LogP contribution in [0.1, 0.15) is 63.0 Å². The molecule has 1 spiro atoms. The molecular weight excluding hydrogens is 358 g/mol. The lowest BCUT2D eigenvalue weighted by Gasteiger charge is -2.47. The maximum absolute atomic E-state index is 12.3. The molecule has 1 saturated heterocycles. The fourth-order valence-electron chi connectivity index (χ4n) is 4.78. The highest BCUT2D eigenvalue weighted by Gasteiger charge is 2.43. The topological polar surface area (TPSA) is 66.0 Å². The molecule has 1 N–H and O–H groups in total. The molecule has 0 bridgehead atoms. The Morgan fingerprint density at radius 1 is 1.18 bits per heavy atom. The second-order valence-corrected chi connectivity index (χ2v) is 8.20. The number of carbonyl (C=O) groups excluding carboxylic acids is 1. The highest BCUT2D eigenvalue weighted by molar-refractivity contribution is 5.76. The third-order valence-corrected chi connectivity index (χ3v) is 6.11. The molecule has 1 saturated carbocycles. The number of fused-ring (bicyclic) bond motifs is 1. The summed E-state index contributed by atoms with van der Waals surface area (Å²) in [6.07, 6.45) is 7.82. The highest BCUT2D eigenvalue weighted by atomic mass is 16.6. The molecule has 154 valence electrons. The van der Waals surface area contributed by atoms with Gasteiger partial charge in [0, 0.05) is 19.6 Å². The zero-order chi connectivity index (χ0) is 19.4. The van der Waals surface area contributed by atoms with E-state index in [0.29, 0.717) is 26.2 Å². The predicted molar refractivity (Wildman–Crippen MR) is 105 cm³/mol. The molecule has 1 amide bonds. The monoisotopic (exact) mass is 389 g/mol. The van der Waals surface area contributed by atoms with E-state index < -0.39 is 0 Å². The maximum atomic E-state index is 12.3. The summed E-state index contributed by atoms with van der Waals surface area (Å²) >= 11 is 0. The summed E-state index contributed by atoms with van der Waals surface area (Å²) in [6.45, 7) is 1.61. The van der Waals surface area contributed by atoms with Crippen molar-refractivity contribution in [1.29, 1.82) is 0 Å². The second kappa shape index (κ2) is 8.70. The SMILES string of the molecule is COCCC(=O)N[C@@H]1C[C@H](c2ccc3c(c2)OCCO3)OC2(CCCCC2)C1. The summed E-state index contributed by atoms with van der Waals surface area (Å²) in [7, 11) is 1.62. The van der Waals surface area contributed by atoms with Gasteiger partial charge in [-0.2, -0.15) is 0 Å². The molecule has 28 heavy (non-hydrogen) atoms. The molecule has 2 atom stereocenters. The fourth-order valence-corrected chi connectivity index (χ4v) is 4.78. The van der Waals surface area contributed by atoms with Gasteiger partial charge < -0.3 is 24.3 Å². The van der Waals surface area contributed by atoms with Crippen molar-refractivity contribution in [3.63, 3.8) is 0 Å². The Balaban J connectivity index is 1.52. The van der Waals surface area contributed by atoms with E-state index in [1.54, 1.807) is 7.11 Å². The number of benzene rings is 1. The molecule has 0 radical (unpaired) electrons. The van der Waals surface area contributed by atoms with Crippen LogP contribution in [-0.4, -0.2) is 44.5 Å². The average molecular weight is 389 g/mol. The summed E-state index contributed by atoms with van der Waals surface area (Å²) in [5, 5.41) is 3.23. The van der Waals surface area contributed by atoms with Gasteiger partial charge in [0.05, 0.1) is 18.3 Å². The van der Waals surface area contributed by atoms with Crippen LogP contribution in [-0.2, 0) is 14.3 Å². The molecule has 6 heteroatoms. The Kier molecular flexibility index (Phi) is 6.07. The Labute approximate surface area is 166 Å². The number of ether oxygens (including phenoxy) is 4. The number of hydrogen-bond acceptors (Lipinski definition) is 5. The molecule has 6 nitrogen and oxygen atoms in total. The molecule has 1 aromatic carbocycles. The molecule has 2 aliphatic heterocycles. The van der Waals surface area contributed by atoms with E-state index in [0.717, 1.165) is 42.7 Å². The van der Waals surface area contributed by atoms with Crippen LogP contribution in [0.5, 0.6) is 11.5 Å². The van der Waals surface area contributed by atoms with Crippen molar-refractivity contribution in [1.82, 2.24) is 5.32 Å². The number of nitrogens with one attached hydrogen (secondary N) is 1. The van der Waals surface area contributed by atoms with Crippen LogP contribution in [0.25, 0.3) is 0 Å². The minimum Gasteiger partial charge on any atom is -0.486 e. The van der Waals surface area contributed by atoms with Crippen molar-refractivity contribution in [3.05, 3.63) is 23.8 Å². The van der Waals surface area contributed by atoms with Gasteiger partial charge in [-0.3, -0.25) is 4.79 Å². The van der Waals surface area contributed by atoms with E-state index in [2.05, 4.69) is 11.4 Å². The zero-order valence-corrected chi connectivity index (χ0v) is 16.7. The van der Waals surface area contributed by atoms with Gasteiger partial charge in [0.25, 0.3) is 0 Å². The molecule has 1 aliphatic carbocycles. The Bertz CT molecular complexity index is 686. The van der Waals surface area contributed by atoms with Crippen LogP contribution in [0.2, 0.25) is 0 Å². The first-order chi connectivity index (χ1) is 13.7. The van der Waals surface area contributed by atoms with E-state index in [9.17, 15) is 4.79 Å². The quantitative estimate of drug-likeness (QED) is 0.834. The van der Waals surface area contributed by atoms with Gasteiger partial charge in [0.1, 0.15) is 13.2 Å². The van der Waals surface area contributed by atoms with E-state index in [4.69, 9.17) is 18.9 Å². The van der Waals surface area contributed by atoms with Crippen LogP contribution in [0, 0.1) is 0 Å². The van der Waals surface area contributed by atoms with E-state index >= 15 is 0 Å². The second-order valence-electron chi connectivity index (χ2n) is 8.20. The molecule has 4 rings (SSSR count). The van der Waals surface area contributed by atoms with Crippen LogP contribution >= 0.6 is 0 Å². The summed E-state index contributed by atoms with van der Waals surface area (Å²) in [6, 6.07) is 6.21. The molecule has 2 heterocycles. The minimum absolute atomic E-state index is 0.0459. The first kappa shape index (κ1) is 19.5. The summed E-state index contributed by atoms with van der Waals surface area (Å²) in [4.78, 5) is 12.3. The van der Waals surface area contributed by atoms with E-state index in [1.807, 2.05) is 12.1 Å². The van der Waals surface area contributed by atoms with E-state index in [1.165, 1.54) is 19.3 Å². The number of carbonyl (C=O) groups is 1. The van der Waals surface area contributed by atoms with Crippen molar-refractivity contribution in [2.45, 2.75) is 69.1 Å². The van der Waals surface area contributed by atoms with Crippen molar-refractivity contribution < 1.29 is 23.7 Å². The Morgan fingerprint density at radius 2 is 1.96 bits per heavy atom. The third kappa shape index (κ3) is 4.44. The first-order valence-electron chi connectivity index (χ1n) is 10.5. The minimum atomic E-state index is -0.131. The number of methoxy groups -OCH3 is 1. The van der Waals surface area contributed by atoms with Crippen molar-refractivity contribution in [2.75, 3.05) is 26.9 Å². The highest BCUT2D eigenvalue weighted by Crippen LogP contribution is 2.46. The van der Waals surface area contributed by atoms with Gasteiger partial charge >= 0.3 is 0 Å². The molecule has 2 fully saturated rings. The van der Waals surface area contributed by atoms with Crippen LogP contribution in [0.15, 0.2) is 18.2 Å². The van der Waals surface area contributed by atoms with Crippen LogP contribution in [0.4, 0.5) is 0 Å². The molecule has 3 aliphatic rings. The predicted octanol–water partition coefficient (Wildman–Crippen LogP) is 3.53. The number of hydrogen-bond donors (Lipinski definition) is 1. The Morgan fingerprint density at radius 3 is 2.75 bits per heavy atom.